The lowest BCUT2D eigenvalue weighted by Crippen LogP contribution is -2.27. The third kappa shape index (κ3) is 3.98. The molecule has 2 aromatic heterocycles. The summed E-state index contributed by atoms with van der Waals surface area (Å²) in [5.74, 6) is -0.401. The average Bonchev–Trinajstić information content (AvgIpc) is 3.39. The van der Waals surface area contributed by atoms with Gasteiger partial charge in [-0.05, 0) is 52.4 Å². The molecular formula is C22H18N2O2S2. The smallest absolute Gasteiger partial charge is 0.265 e. The minimum absolute atomic E-state index is 0.193. The number of thiophene rings is 2. The van der Waals surface area contributed by atoms with Crippen molar-refractivity contribution in [1.82, 2.24) is 5.32 Å². The molecule has 0 spiro atoms. The Labute approximate surface area is 170 Å². The minimum atomic E-state index is -0.208. The first-order valence-electron chi connectivity index (χ1n) is 8.89. The van der Waals surface area contributed by atoms with E-state index in [2.05, 4.69) is 28.1 Å². The number of rotatable bonds is 6. The highest BCUT2D eigenvalue weighted by atomic mass is 32.1. The quantitative estimate of drug-likeness (QED) is 0.463. The summed E-state index contributed by atoms with van der Waals surface area (Å²) in [5.41, 5.74) is 2.21. The zero-order valence-corrected chi connectivity index (χ0v) is 16.6. The molecule has 4 rings (SSSR count). The lowest BCUT2D eigenvalue weighted by atomic mass is 10.1. The van der Waals surface area contributed by atoms with Gasteiger partial charge in [0.1, 0.15) is 0 Å². The molecule has 140 valence electrons. The van der Waals surface area contributed by atoms with Gasteiger partial charge in [-0.15, -0.1) is 22.7 Å². The third-order valence-corrected chi connectivity index (χ3v) is 6.29. The van der Waals surface area contributed by atoms with Crippen LogP contribution in [0.3, 0.4) is 0 Å². The Morgan fingerprint density at radius 3 is 2.54 bits per heavy atom. The molecule has 0 saturated carbocycles. The largest absolute Gasteiger partial charge is 0.352 e. The van der Waals surface area contributed by atoms with Gasteiger partial charge < -0.3 is 10.6 Å². The number of benzene rings is 2. The van der Waals surface area contributed by atoms with Gasteiger partial charge in [0.05, 0.1) is 16.1 Å². The van der Waals surface area contributed by atoms with Crippen LogP contribution < -0.4 is 10.6 Å². The molecule has 0 saturated heterocycles. The SMILES string of the molecule is O=C(Nc1ccccc1C(=O)NCCc1csc2ccccc12)c1cccs1. The Hall–Kier alpha value is -2.96. The summed E-state index contributed by atoms with van der Waals surface area (Å²) >= 11 is 3.08. The molecule has 0 bridgehead atoms. The van der Waals surface area contributed by atoms with Crippen molar-refractivity contribution in [1.29, 1.82) is 0 Å². The van der Waals surface area contributed by atoms with Crippen molar-refractivity contribution in [3.63, 3.8) is 0 Å². The number of amides is 2. The summed E-state index contributed by atoms with van der Waals surface area (Å²) in [6.45, 7) is 0.534. The Morgan fingerprint density at radius 2 is 1.68 bits per heavy atom. The van der Waals surface area contributed by atoms with Crippen molar-refractivity contribution in [3.8, 4) is 0 Å². The van der Waals surface area contributed by atoms with Gasteiger partial charge in [0.2, 0.25) is 0 Å². The number of carbonyl (C=O) groups is 2. The summed E-state index contributed by atoms with van der Waals surface area (Å²) in [5, 5.41) is 11.0. The van der Waals surface area contributed by atoms with Crippen LogP contribution in [0, 0.1) is 0 Å². The summed E-state index contributed by atoms with van der Waals surface area (Å²) in [6, 6.07) is 18.9. The number of anilines is 1. The van der Waals surface area contributed by atoms with Crippen LogP contribution in [-0.2, 0) is 6.42 Å². The zero-order valence-electron chi connectivity index (χ0n) is 15.0. The molecular weight excluding hydrogens is 388 g/mol. The van der Waals surface area contributed by atoms with Crippen LogP contribution in [-0.4, -0.2) is 18.4 Å². The van der Waals surface area contributed by atoms with Crippen LogP contribution in [0.15, 0.2) is 71.4 Å². The maximum absolute atomic E-state index is 12.7. The molecule has 6 heteroatoms. The normalized spacial score (nSPS) is 10.7. The number of fused-ring (bicyclic) bond motifs is 1. The fourth-order valence-electron chi connectivity index (χ4n) is 3.01. The van der Waals surface area contributed by atoms with Gasteiger partial charge in [-0.2, -0.15) is 0 Å². The number of hydrogen-bond acceptors (Lipinski definition) is 4. The maximum Gasteiger partial charge on any atom is 0.265 e. The van der Waals surface area contributed by atoms with Crippen molar-refractivity contribution >= 4 is 50.3 Å². The second kappa shape index (κ2) is 8.37. The summed E-state index contributed by atoms with van der Waals surface area (Å²) < 4.78 is 1.26. The molecule has 4 nitrogen and oxygen atoms in total. The highest BCUT2D eigenvalue weighted by Crippen LogP contribution is 2.25. The highest BCUT2D eigenvalue weighted by molar-refractivity contribution is 7.17. The van der Waals surface area contributed by atoms with Gasteiger partial charge in [0.15, 0.2) is 0 Å². The minimum Gasteiger partial charge on any atom is -0.352 e. The van der Waals surface area contributed by atoms with Crippen molar-refractivity contribution in [2.24, 2.45) is 0 Å². The lowest BCUT2D eigenvalue weighted by Gasteiger charge is -2.11. The number of para-hydroxylation sites is 1. The van der Waals surface area contributed by atoms with Gasteiger partial charge in [-0.25, -0.2) is 0 Å². The number of hydrogen-bond donors (Lipinski definition) is 2. The lowest BCUT2D eigenvalue weighted by molar-refractivity contribution is 0.0955. The molecule has 2 aromatic carbocycles. The van der Waals surface area contributed by atoms with E-state index in [-0.39, 0.29) is 11.8 Å². The fraction of sp³-hybridized carbons (Fsp3) is 0.0909. The molecule has 28 heavy (non-hydrogen) atoms. The van der Waals surface area contributed by atoms with Crippen LogP contribution in [0.2, 0.25) is 0 Å². The molecule has 2 heterocycles. The first-order valence-corrected chi connectivity index (χ1v) is 10.7. The van der Waals surface area contributed by atoms with E-state index in [1.165, 1.54) is 27.0 Å². The van der Waals surface area contributed by atoms with E-state index in [9.17, 15) is 9.59 Å². The maximum atomic E-state index is 12.7. The van der Waals surface area contributed by atoms with E-state index >= 15 is 0 Å². The Balaban J connectivity index is 1.41. The Morgan fingerprint density at radius 1 is 0.857 bits per heavy atom. The number of nitrogens with one attached hydrogen (secondary N) is 2. The van der Waals surface area contributed by atoms with E-state index in [1.807, 2.05) is 23.6 Å². The molecule has 2 N–H and O–H groups in total. The predicted molar refractivity (Wildman–Crippen MR) is 117 cm³/mol. The van der Waals surface area contributed by atoms with Crippen LogP contribution in [0.4, 0.5) is 5.69 Å². The Kier molecular flexibility index (Phi) is 5.50. The second-order valence-electron chi connectivity index (χ2n) is 6.24. The Bertz CT molecular complexity index is 1120. The second-order valence-corrected chi connectivity index (χ2v) is 8.10. The van der Waals surface area contributed by atoms with Gasteiger partial charge >= 0.3 is 0 Å². The van der Waals surface area contributed by atoms with Gasteiger partial charge in [0, 0.05) is 11.2 Å². The molecule has 0 aliphatic heterocycles. The summed E-state index contributed by atoms with van der Waals surface area (Å²) in [6.07, 6.45) is 0.763. The average molecular weight is 407 g/mol. The van der Waals surface area contributed by atoms with Crippen molar-refractivity contribution < 1.29 is 9.59 Å². The molecule has 0 aliphatic carbocycles. The van der Waals surface area contributed by atoms with Crippen LogP contribution in [0.5, 0.6) is 0 Å². The van der Waals surface area contributed by atoms with Gasteiger partial charge in [0.25, 0.3) is 11.8 Å². The molecule has 0 fully saturated rings. The first-order chi connectivity index (χ1) is 13.7. The highest BCUT2D eigenvalue weighted by Gasteiger charge is 2.14. The third-order valence-electron chi connectivity index (χ3n) is 4.41. The van der Waals surface area contributed by atoms with Crippen molar-refractivity contribution in [2.75, 3.05) is 11.9 Å². The summed E-state index contributed by atoms with van der Waals surface area (Å²) in [7, 11) is 0. The van der Waals surface area contributed by atoms with Crippen molar-refractivity contribution in [2.45, 2.75) is 6.42 Å². The standard InChI is InChI=1S/C22H18N2O2S2/c25-21(23-12-11-15-14-28-19-9-4-2-6-16(15)19)17-7-1-3-8-18(17)24-22(26)20-10-5-13-27-20/h1-10,13-14H,11-12H2,(H,23,25)(H,24,26). The van der Waals surface area contributed by atoms with E-state index in [4.69, 9.17) is 0 Å². The monoisotopic (exact) mass is 406 g/mol. The van der Waals surface area contributed by atoms with Crippen LogP contribution in [0.25, 0.3) is 10.1 Å². The topological polar surface area (TPSA) is 58.2 Å². The molecule has 2 amide bonds. The molecule has 0 radical (unpaired) electrons. The summed E-state index contributed by atoms with van der Waals surface area (Å²) in [4.78, 5) is 25.6. The molecule has 0 atom stereocenters. The molecule has 0 aliphatic rings. The fourth-order valence-corrected chi connectivity index (χ4v) is 4.63. The predicted octanol–water partition coefficient (Wildman–Crippen LogP) is 5.19. The van der Waals surface area contributed by atoms with E-state index in [1.54, 1.807) is 41.7 Å². The van der Waals surface area contributed by atoms with Crippen LogP contribution in [0.1, 0.15) is 25.6 Å². The van der Waals surface area contributed by atoms with Crippen LogP contribution >= 0.6 is 22.7 Å². The zero-order chi connectivity index (χ0) is 19.3. The van der Waals surface area contributed by atoms with E-state index in [0.717, 1.165) is 6.42 Å². The van der Waals surface area contributed by atoms with Gasteiger partial charge in [-0.3, -0.25) is 9.59 Å². The van der Waals surface area contributed by atoms with E-state index in [0.29, 0.717) is 22.7 Å². The van der Waals surface area contributed by atoms with E-state index < -0.39 is 0 Å². The van der Waals surface area contributed by atoms with Crippen molar-refractivity contribution in [3.05, 3.63) is 87.4 Å². The molecule has 4 aromatic rings. The first kappa shape index (κ1) is 18.4. The number of carbonyl (C=O) groups excluding carboxylic acids is 2. The van der Waals surface area contributed by atoms with Gasteiger partial charge in [-0.1, -0.05) is 36.4 Å². The molecule has 0 unspecified atom stereocenters.